The fourth-order valence-electron chi connectivity index (χ4n) is 3.92. The number of aryl methyl sites for hydroxylation is 1. The summed E-state index contributed by atoms with van der Waals surface area (Å²) in [5, 5.41) is 12.1. The van der Waals surface area contributed by atoms with E-state index in [1.807, 2.05) is 24.3 Å². The molecular formula is C23H23N7O. The standard InChI is InChI=1S/C23H23N7O/c24-21(31)16-9-6-11-19-17(16)14-27-30(19)23-28-18-10-4-5-12-25-20(18)22(29-23)26-13-15-7-2-1-3-8-15/h1-3,6-9,11,14,25H,4-5,10,12-13H2,(H2,24,31)(H,26,28,29). The van der Waals surface area contributed by atoms with E-state index in [9.17, 15) is 4.79 Å². The number of aromatic nitrogens is 4. The minimum absolute atomic E-state index is 0.433. The molecule has 0 spiro atoms. The van der Waals surface area contributed by atoms with Crippen LogP contribution >= 0.6 is 0 Å². The number of carbonyl (C=O) groups excluding carboxylic acids is 1. The first-order valence-electron chi connectivity index (χ1n) is 10.4. The Morgan fingerprint density at radius 2 is 1.97 bits per heavy atom. The van der Waals surface area contributed by atoms with Gasteiger partial charge in [-0.25, -0.2) is 4.98 Å². The van der Waals surface area contributed by atoms with Gasteiger partial charge < -0.3 is 16.4 Å². The molecule has 4 N–H and O–H groups in total. The average Bonchev–Trinajstić information content (AvgIpc) is 3.08. The highest BCUT2D eigenvalue weighted by molar-refractivity contribution is 6.05. The fraction of sp³-hybridized carbons (Fsp3) is 0.217. The Morgan fingerprint density at radius 1 is 1.10 bits per heavy atom. The minimum atomic E-state index is -0.484. The summed E-state index contributed by atoms with van der Waals surface area (Å²) >= 11 is 0. The van der Waals surface area contributed by atoms with Gasteiger partial charge in [-0.3, -0.25) is 4.79 Å². The molecule has 0 aliphatic carbocycles. The number of anilines is 2. The zero-order valence-corrected chi connectivity index (χ0v) is 17.0. The highest BCUT2D eigenvalue weighted by Gasteiger charge is 2.19. The minimum Gasteiger partial charge on any atom is -0.381 e. The monoisotopic (exact) mass is 413 g/mol. The number of hydrogen-bond donors (Lipinski definition) is 3. The predicted octanol–water partition coefficient (Wildman–Crippen LogP) is 3.27. The van der Waals surface area contributed by atoms with Crippen molar-refractivity contribution >= 4 is 28.3 Å². The molecule has 1 aliphatic heterocycles. The van der Waals surface area contributed by atoms with Gasteiger partial charge in [0.1, 0.15) is 0 Å². The van der Waals surface area contributed by atoms with Crippen LogP contribution in [0.4, 0.5) is 11.5 Å². The van der Waals surface area contributed by atoms with Crippen LogP contribution in [0.1, 0.15) is 34.5 Å². The first-order valence-corrected chi connectivity index (χ1v) is 10.4. The maximum atomic E-state index is 11.8. The molecule has 1 amide bonds. The van der Waals surface area contributed by atoms with E-state index in [4.69, 9.17) is 15.7 Å². The number of nitrogens with one attached hydrogen (secondary N) is 2. The molecule has 1 aliphatic rings. The smallest absolute Gasteiger partial charge is 0.253 e. The number of benzene rings is 2. The van der Waals surface area contributed by atoms with E-state index in [2.05, 4.69) is 27.9 Å². The number of nitrogens with zero attached hydrogens (tertiary/aromatic N) is 4. The molecule has 4 aromatic rings. The van der Waals surface area contributed by atoms with E-state index in [0.717, 1.165) is 48.5 Å². The molecule has 0 saturated carbocycles. The van der Waals surface area contributed by atoms with Crippen molar-refractivity contribution in [3.8, 4) is 5.95 Å². The molecule has 0 fully saturated rings. The molecule has 3 heterocycles. The summed E-state index contributed by atoms with van der Waals surface area (Å²) in [5.41, 5.74) is 9.79. The number of nitrogens with two attached hydrogens (primary N) is 1. The first kappa shape index (κ1) is 19.0. The van der Waals surface area contributed by atoms with E-state index in [1.54, 1.807) is 23.0 Å². The zero-order chi connectivity index (χ0) is 21.2. The lowest BCUT2D eigenvalue weighted by Crippen LogP contribution is -2.14. The third kappa shape index (κ3) is 3.68. The molecule has 2 aromatic carbocycles. The highest BCUT2D eigenvalue weighted by atomic mass is 16.1. The van der Waals surface area contributed by atoms with Crippen molar-refractivity contribution in [3.05, 3.63) is 71.5 Å². The quantitative estimate of drug-likeness (QED) is 0.463. The van der Waals surface area contributed by atoms with Crippen molar-refractivity contribution in [3.63, 3.8) is 0 Å². The maximum absolute atomic E-state index is 11.8. The van der Waals surface area contributed by atoms with Crippen LogP contribution in [-0.2, 0) is 13.0 Å². The maximum Gasteiger partial charge on any atom is 0.253 e. The molecule has 5 rings (SSSR count). The number of rotatable bonds is 5. The third-order valence-electron chi connectivity index (χ3n) is 5.49. The van der Waals surface area contributed by atoms with Crippen LogP contribution in [-0.4, -0.2) is 32.2 Å². The molecule has 0 atom stereocenters. The van der Waals surface area contributed by atoms with Crippen molar-refractivity contribution in [2.75, 3.05) is 17.2 Å². The summed E-state index contributed by atoms with van der Waals surface area (Å²) in [7, 11) is 0. The summed E-state index contributed by atoms with van der Waals surface area (Å²) in [6, 6.07) is 15.6. The topological polar surface area (TPSA) is 111 Å². The Hall–Kier alpha value is -3.94. The van der Waals surface area contributed by atoms with E-state index >= 15 is 0 Å². The number of hydrogen-bond acceptors (Lipinski definition) is 6. The fourth-order valence-corrected chi connectivity index (χ4v) is 3.92. The van der Waals surface area contributed by atoms with Gasteiger partial charge in [-0.05, 0) is 37.0 Å². The van der Waals surface area contributed by atoms with Gasteiger partial charge in [0.25, 0.3) is 5.95 Å². The molecule has 0 saturated heterocycles. The van der Waals surface area contributed by atoms with Crippen LogP contribution in [0.3, 0.4) is 0 Å². The molecule has 31 heavy (non-hydrogen) atoms. The Labute approximate surface area is 179 Å². The van der Waals surface area contributed by atoms with Crippen molar-refractivity contribution in [2.45, 2.75) is 25.8 Å². The van der Waals surface area contributed by atoms with Gasteiger partial charge in [0, 0.05) is 18.5 Å². The van der Waals surface area contributed by atoms with Crippen LogP contribution in [0.2, 0.25) is 0 Å². The summed E-state index contributed by atoms with van der Waals surface area (Å²) in [5.74, 6) is 0.734. The van der Waals surface area contributed by atoms with Gasteiger partial charge in [0.05, 0.1) is 28.7 Å². The third-order valence-corrected chi connectivity index (χ3v) is 5.49. The zero-order valence-electron chi connectivity index (χ0n) is 17.0. The van der Waals surface area contributed by atoms with E-state index in [-0.39, 0.29) is 0 Å². The predicted molar refractivity (Wildman–Crippen MR) is 120 cm³/mol. The summed E-state index contributed by atoms with van der Waals surface area (Å²) in [6.07, 6.45) is 4.64. The summed E-state index contributed by atoms with van der Waals surface area (Å²) in [4.78, 5) is 21.4. The van der Waals surface area contributed by atoms with Gasteiger partial charge in [0.15, 0.2) is 5.82 Å². The number of primary amides is 1. The van der Waals surface area contributed by atoms with Crippen LogP contribution in [0, 0.1) is 0 Å². The normalized spacial score (nSPS) is 13.3. The molecule has 0 radical (unpaired) electrons. The summed E-state index contributed by atoms with van der Waals surface area (Å²) < 4.78 is 1.67. The number of amides is 1. The van der Waals surface area contributed by atoms with Crippen LogP contribution in [0.15, 0.2) is 54.7 Å². The van der Waals surface area contributed by atoms with Gasteiger partial charge in [0.2, 0.25) is 5.91 Å². The Bertz CT molecular complexity index is 1250. The van der Waals surface area contributed by atoms with E-state index in [1.165, 1.54) is 5.56 Å². The second kappa shape index (κ2) is 8.06. The molecule has 0 unspecified atom stereocenters. The van der Waals surface area contributed by atoms with Gasteiger partial charge in [-0.1, -0.05) is 36.4 Å². The van der Waals surface area contributed by atoms with Crippen molar-refractivity contribution in [1.29, 1.82) is 0 Å². The Balaban J connectivity index is 1.59. The van der Waals surface area contributed by atoms with Gasteiger partial charge >= 0.3 is 0 Å². The van der Waals surface area contributed by atoms with Crippen LogP contribution < -0.4 is 16.4 Å². The Kier molecular flexibility index (Phi) is 4.95. The van der Waals surface area contributed by atoms with Crippen molar-refractivity contribution in [1.82, 2.24) is 19.7 Å². The lowest BCUT2D eigenvalue weighted by atomic mass is 10.1. The first-order chi connectivity index (χ1) is 15.2. The van der Waals surface area contributed by atoms with Gasteiger partial charge in [-0.15, -0.1) is 0 Å². The molecule has 2 aromatic heterocycles. The average molecular weight is 413 g/mol. The molecular weight excluding hydrogens is 390 g/mol. The summed E-state index contributed by atoms with van der Waals surface area (Å²) in [6.45, 7) is 1.54. The molecule has 8 nitrogen and oxygen atoms in total. The highest BCUT2D eigenvalue weighted by Crippen LogP contribution is 2.29. The molecule has 0 bridgehead atoms. The van der Waals surface area contributed by atoms with Crippen LogP contribution in [0.5, 0.6) is 0 Å². The molecule has 8 heteroatoms. The Morgan fingerprint density at radius 3 is 2.81 bits per heavy atom. The molecule has 156 valence electrons. The van der Waals surface area contributed by atoms with E-state index in [0.29, 0.717) is 23.4 Å². The second-order valence-electron chi connectivity index (χ2n) is 7.58. The van der Waals surface area contributed by atoms with E-state index < -0.39 is 5.91 Å². The van der Waals surface area contributed by atoms with Crippen LogP contribution in [0.25, 0.3) is 16.9 Å². The lowest BCUT2D eigenvalue weighted by Gasteiger charge is -2.16. The van der Waals surface area contributed by atoms with Crippen molar-refractivity contribution in [2.24, 2.45) is 5.73 Å². The SMILES string of the molecule is NC(=O)c1cccc2c1cnn2-c1nc2c(c(NCc3ccccc3)n1)NCCCC2. The van der Waals surface area contributed by atoms with Gasteiger partial charge in [-0.2, -0.15) is 14.8 Å². The number of fused-ring (bicyclic) bond motifs is 2. The number of carbonyl (C=O) groups is 1. The second-order valence-corrected chi connectivity index (χ2v) is 7.58. The lowest BCUT2D eigenvalue weighted by molar-refractivity contribution is 0.100. The largest absolute Gasteiger partial charge is 0.381 e. The van der Waals surface area contributed by atoms with Crippen molar-refractivity contribution < 1.29 is 4.79 Å².